The van der Waals surface area contributed by atoms with Gasteiger partial charge in [0.2, 0.25) is 0 Å². The summed E-state index contributed by atoms with van der Waals surface area (Å²) in [6.07, 6.45) is 1.75. The minimum absolute atomic E-state index is 0.236. The van der Waals surface area contributed by atoms with Crippen LogP contribution in [0.3, 0.4) is 0 Å². The molecular weight excluding hydrogens is 202 g/mol. The molecule has 0 amide bonds. The Balaban J connectivity index is 2.18. The molecule has 0 aromatic carbocycles. The molecule has 1 rings (SSSR count). The predicted octanol–water partition coefficient (Wildman–Crippen LogP) is 1.60. The van der Waals surface area contributed by atoms with Gasteiger partial charge in [0.05, 0.1) is 0 Å². The molecule has 1 heterocycles. The van der Waals surface area contributed by atoms with Crippen LogP contribution >= 0.6 is 11.3 Å². The molecule has 4 heteroatoms. The highest BCUT2D eigenvalue weighted by Gasteiger charge is 2.04. The van der Waals surface area contributed by atoms with Crippen LogP contribution in [0, 0.1) is 0 Å². The van der Waals surface area contributed by atoms with Gasteiger partial charge in [-0.2, -0.15) is 0 Å². The van der Waals surface area contributed by atoms with Gasteiger partial charge < -0.3 is 5.32 Å². The predicted molar refractivity (Wildman–Crippen MR) is 59.6 cm³/mol. The summed E-state index contributed by atoms with van der Waals surface area (Å²) < 4.78 is 11.0. The van der Waals surface area contributed by atoms with E-state index in [2.05, 4.69) is 16.8 Å². The Morgan fingerprint density at radius 1 is 1.69 bits per heavy atom. The van der Waals surface area contributed by atoms with Crippen LogP contribution in [0.1, 0.15) is 11.8 Å². The van der Waals surface area contributed by atoms with Crippen molar-refractivity contribution < 1.29 is 4.21 Å². The van der Waals surface area contributed by atoms with E-state index in [-0.39, 0.29) is 5.25 Å². The van der Waals surface area contributed by atoms with Gasteiger partial charge in [-0.05, 0) is 18.4 Å². The van der Waals surface area contributed by atoms with Crippen LogP contribution in [0.5, 0.6) is 0 Å². The molecule has 2 atom stereocenters. The summed E-state index contributed by atoms with van der Waals surface area (Å²) in [6.45, 7) is 3.71. The van der Waals surface area contributed by atoms with Crippen molar-refractivity contribution in [1.82, 2.24) is 5.32 Å². The molecule has 0 aliphatic heterocycles. The fraction of sp³-hybridized carbons (Fsp3) is 0.556. The summed E-state index contributed by atoms with van der Waals surface area (Å²) in [5.41, 5.74) is 0. The number of nitrogens with one attached hydrogen (secondary N) is 1. The van der Waals surface area contributed by atoms with Crippen LogP contribution in [-0.2, 0) is 17.3 Å². The van der Waals surface area contributed by atoms with Gasteiger partial charge in [0, 0.05) is 40.3 Å². The van der Waals surface area contributed by atoms with Crippen LogP contribution in [0.2, 0.25) is 0 Å². The first-order valence-corrected chi connectivity index (χ1v) is 6.75. The Kier molecular flexibility index (Phi) is 4.62. The van der Waals surface area contributed by atoms with Crippen molar-refractivity contribution in [3.05, 3.63) is 22.4 Å². The van der Waals surface area contributed by atoms with E-state index in [0.29, 0.717) is 0 Å². The first-order chi connectivity index (χ1) is 6.20. The van der Waals surface area contributed by atoms with Gasteiger partial charge in [-0.25, -0.2) is 0 Å². The summed E-state index contributed by atoms with van der Waals surface area (Å²) in [7, 11) is -0.718. The van der Waals surface area contributed by atoms with Crippen molar-refractivity contribution in [2.75, 3.05) is 12.8 Å². The summed E-state index contributed by atoms with van der Waals surface area (Å²) in [6, 6.07) is 4.15. The Morgan fingerprint density at radius 2 is 2.46 bits per heavy atom. The average Bonchev–Trinajstić information content (AvgIpc) is 2.56. The molecule has 0 saturated heterocycles. The Bertz CT molecular complexity index is 259. The molecule has 0 saturated carbocycles. The van der Waals surface area contributed by atoms with Crippen molar-refractivity contribution in [1.29, 1.82) is 0 Å². The van der Waals surface area contributed by atoms with Crippen LogP contribution in [-0.4, -0.2) is 22.3 Å². The largest absolute Gasteiger partial charge is 0.311 e. The van der Waals surface area contributed by atoms with E-state index in [1.807, 2.05) is 13.0 Å². The molecule has 0 fully saturated rings. The number of hydrogen-bond donors (Lipinski definition) is 1. The first-order valence-electron chi connectivity index (χ1n) is 4.25. The maximum Gasteiger partial charge on any atom is 0.0441 e. The monoisotopic (exact) mass is 217 g/mol. The minimum atomic E-state index is -0.718. The lowest BCUT2D eigenvalue weighted by atomic mass is 10.4. The second-order valence-electron chi connectivity index (χ2n) is 3.02. The van der Waals surface area contributed by atoms with Gasteiger partial charge in [0.25, 0.3) is 0 Å². The minimum Gasteiger partial charge on any atom is -0.311 e. The van der Waals surface area contributed by atoms with Crippen LogP contribution in [0.15, 0.2) is 17.5 Å². The van der Waals surface area contributed by atoms with Crippen LogP contribution in [0.25, 0.3) is 0 Å². The summed E-state index contributed by atoms with van der Waals surface area (Å²) >= 11 is 1.74. The van der Waals surface area contributed by atoms with Crippen molar-refractivity contribution >= 4 is 22.1 Å². The Morgan fingerprint density at radius 3 is 3.00 bits per heavy atom. The highest BCUT2D eigenvalue weighted by Crippen LogP contribution is 2.07. The third-order valence-corrected chi connectivity index (χ3v) is 4.05. The molecule has 1 N–H and O–H groups in total. The molecule has 0 radical (unpaired) electrons. The normalized spacial score (nSPS) is 15.5. The standard InChI is InChI=1S/C9H15NOS2/c1-8(13(2)11)6-10-7-9-4-3-5-12-9/h3-5,8,10H,6-7H2,1-2H3. The first kappa shape index (κ1) is 10.9. The average molecular weight is 217 g/mol. The zero-order chi connectivity index (χ0) is 9.68. The Labute approximate surface area is 85.8 Å². The zero-order valence-corrected chi connectivity index (χ0v) is 9.58. The summed E-state index contributed by atoms with van der Waals surface area (Å²) in [5, 5.41) is 5.59. The van der Waals surface area contributed by atoms with Crippen LogP contribution < -0.4 is 5.32 Å². The zero-order valence-electron chi connectivity index (χ0n) is 7.95. The molecule has 1 aromatic rings. The maximum atomic E-state index is 11.0. The second kappa shape index (κ2) is 5.52. The topological polar surface area (TPSA) is 29.1 Å². The molecule has 13 heavy (non-hydrogen) atoms. The number of rotatable bonds is 5. The van der Waals surface area contributed by atoms with Crippen molar-refractivity contribution in [3.8, 4) is 0 Å². The quantitative estimate of drug-likeness (QED) is 0.812. The molecule has 0 aliphatic carbocycles. The van der Waals surface area contributed by atoms with Crippen molar-refractivity contribution in [3.63, 3.8) is 0 Å². The summed E-state index contributed by atoms with van der Waals surface area (Å²) in [5.74, 6) is 0. The van der Waals surface area contributed by atoms with E-state index in [1.54, 1.807) is 17.6 Å². The number of hydrogen-bond acceptors (Lipinski definition) is 3. The Hall–Kier alpha value is -0.190. The molecule has 1 aromatic heterocycles. The molecule has 0 aliphatic rings. The van der Waals surface area contributed by atoms with E-state index in [9.17, 15) is 4.21 Å². The van der Waals surface area contributed by atoms with E-state index >= 15 is 0 Å². The van der Waals surface area contributed by atoms with Crippen LogP contribution in [0.4, 0.5) is 0 Å². The van der Waals surface area contributed by atoms with Gasteiger partial charge in [-0.3, -0.25) is 4.21 Å². The van der Waals surface area contributed by atoms with Gasteiger partial charge in [0.1, 0.15) is 0 Å². The van der Waals surface area contributed by atoms with E-state index in [1.165, 1.54) is 4.88 Å². The van der Waals surface area contributed by atoms with Gasteiger partial charge >= 0.3 is 0 Å². The van der Waals surface area contributed by atoms with E-state index < -0.39 is 10.8 Å². The fourth-order valence-corrected chi connectivity index (χ4v) is 1.96. The maximum absolute atomic E-state index is 11.0. The lowest BCUT2D eigenvalue weighted by molar-refractivity contribution is 0.650. The molecule has 2 nitrogen and oxygen atoms in total. The van der Waals surface area contributed by atoms with Gasteiger partial charge in [-0.1, -0.05) is 6.07 Å². The lowest BCUT2D eigenvalue weighted by Crippen LogP contribution is -2.26. The molecule has 0 spiro atoms. The molecular formula is C9H15NOS2. The highest BCUT2D eigenvalue weighted by molar-refractivity contribution is 7.84. The molecule has 2 unspecified atom stereocenters. The third-order valence-electron chi connectivity index (χ3n) is 1.88. The van der Waals surface area contributed by atoms with Gasteiger partial charge in [-0.15, -0.1) is 11.3 Å². The molecule has 74 valence electrons. The highest BCUT2D eigenvalue weighted by atomic mass is 32.2. The van der Waals surface area contributed by atoms with Gasteiger partial charge in [0.15, 0.2) is 0 Å². The summed E-state index contributed by atoms with van der Waals surface area (Å²) in [4.78, 5) is 1.33. The third kappa shape index (κ3) is 4.02. The lowest BCUT2D eigenvalue weighted by Gasteiger charge is -2.08. The molecule has 0 bridgehead atoms. The van der Waals surface area contributed by atoms with Crippen molar-refractivity contribution in [2.45, 2.75) is 18.7 Å². The van der Waals surface area contributed by atoms with E-state index in [4.69, 9.17) is 0 Å². The van der Waals surface area contributed by atoms with E-state index in [0.717, 1.165) is 13.1 Å². The number of thiophene rings is 1. The fourth-order valence-electron chi connectivity index (χ4n) is 0.929. The second-order valence-corrected chi connectivity index (χ2v) is 5.85. The SMILES string of the molecule is CC(CNCc1cccs1)S(C)=O. The smallest absolute Gasteiger partial charge is 0.0441 e. The van der Waals surface area contributed by atoms with Crippen molar-refractivity contribution in [2.24, 2.45) is 0 Å².